The van der Waals surface area contributed by atoms with Crippen molar-refractivity contribution < 1.29 is 9.59 Å². The van der Waals surface area contributed by atoms with Gasteiger partial charge in [-0.2, -0.15) is 0 Å². The second kappa shape index (κ2) is 7.60. The lowest BCUT2D eigenvalue weighted by Gasteiger charge is -2.37. The first-order valence-corrected chi connectivity index (χ1v) is 9.42. The Bertz CT molecular complexity index is 582. The van der Waals surface area contributed by atoms with E-state index in [1.807, 2.05) is 54.8 Å². The van der Waals surface area contributed by atoms with Crippen LogP contribution in [0.2, 0.25) is 0 Å². The van der Waals surface area contributed by atoms with Crippen molar-refractivity contribution in [3.05, 3.63) is 29.8 Å². The van der Waals surface area contributed by atoms with E-state index < -0.39 is 0 Å². The van der Waals surface area contributed by atoms with Crippen molar-refractivity contribution in [1.82, 2.24) is 9.80 Å². The van der Waals surface area contributed by atoms with Gasteiger partial charge in [0.2, 0.25) is 5.91 Å². The van der Waals surface area contributed by atoms with E-state index in [9.17, 15) is 9.59 Å². The van der Waals surface area contributed by atoms with Gasteiger partial charge in [-0.15, -0.1) is 11.8 Å². The third-order valence-corrected chi connectivity index (χ3v) is 4.98. The molecule has 0 spiro atoms. The number of benzene rings is 1. The Labute approximate surface area is 149 Å². The monoisotopic (exact) mass is 348 g/mol. The molecule has 132 valence electrons. The van der Waals surface area contributed by atoms with Crippen molar-refractivity contribution in [3.63, 3.8) is 0 Å². The number of hydrogen-bond donors (Lipinski definition) is 0. The molecule has 1 saturated heterocycles. The van der Waals surface area contributed by atoms with E-state index in [0.29, 0.717) is 31.4 Å². The van der Waals surface area contributed by atoms with Crippen LogP contribution in [0.4, 0.5) is 0 Å². The summed E-state index contributed by atoms with van der Waals surface area (Å²) < 4.78 is 0. The minimum atomic E-state index is -0.365. The van der Waals surface area contributed by atoms with Gasteiger partial charge in [-0.25, -0.2) is 0 Å². The average molecular weight is 349 g/mol. The van der Waals surface area contributed by atoms with Gasteiger partial charge in [-0.1, -0.05) is 34.6 Å². The topological polar surface area (TPSA) is 40.6 Å². The Morgan fingerprint density at radius 3 is 1.92 bits per heavy atom. The maximum Gasteiger partial charge on any atom is 0.253 e. The molecule has 0 bridgehead atoms. The first kappa shape index (κ1) is 18.8. The number of amides is 2. The highest BCUT2D eigenvalue weighted by Crippen LogP contribution is 2.24. The Morgan fingerprint density at radius 2 is 1.46 bits per heavy atom. The van der Waals surface area contributed by atoms with Gasteiger partial charge >= 0.3 is 0 Å². The maximum atomic E-state index is 12.6. The number of carbonyl (C=O) groups excluding carboxylic acids is 2. The van der Waals surface area contributed by atoms with Crippen molar-refractivity contribution in [2.75, 3.05) is 26.2 Å². The van der Waals surface area contributed by atoms with Gasteiger partial charge in [0.25, 0.3) is 5.91 Å². The molecule has 0 radical (unpaired) electrons. The SMILES string of the molecule is CC(C)Sc1ccc(C(=O)N2CCN(C(=O)C(C)(C)C)CC2)cc1. The molecule has 0 aliphatic carbocycles. The fraction of sp³-hybridized carbons (Fsp3) is 0.579. The first-order chi connectivity index (χ1) is 11.2. The quantitative estimate of drug-likeness (QED) is 0.785. The predicted molar refractivity (Wildman–Crippen MR) is 99.4 cm³/mol. The standard InChI is InChI=1S/C19H28N2O2S/c1-14(2)24-16-8-6-15(7-9-16)17(22)20-10-12-21(13-11-20)18(23)19(3,4)5/h6-9,14H,10-13H2,1-5H3. The molecule has 0 saturated carbocycles. The van der Waals surface area contributed by atoms with Crippen LogP contribution in [0.15, 0.2) is 29.2 Å². The van der Waals surface area contributed by atoms with Crippen LogP contribution < -0.4 is 0 Å². The van der Waals surface area contributed by atoms with Gasteiger partial charge in [-0.3, -0.25) is 9.59 Å². The molecule has 0 atom stereocenters. The van der Waals surface area contributed by atoms with E-state index in [1.165, 1.54) is 4.90 Å². The fourth-order valence-electron chi connectivity index (χ4n) is 2.72. The third-order valence-electron chi connectivity index (χ3n) is 3.97. The van der Waals surface area contributed by atoms with Gasteiger partial charge in [0, 0.05) is 47.3 Å². The van der Waals surface area contributed by atoms with Crippen LogP contribution in [0, 0.1) is 5.41 Å². The molecule has 1 aliphatic heterocycles. The molecule has 5 heteroatoms. The Kier molecular flexibility index (Phi) is 5.97. The van der Waals surface area contributed by atoms with E-state index in [4.69, 9.17) is 0 Å². The molecule has 1 aromatic rings. The van der Waals surface area contributed by atoms with E-state index in [0.717, 1.165) is 5.56 Å². The number of piperazine rings is 1. The first-order valence-electron chi connectivity index (χ1n) is 8.54. The summed E-state index contributed by atoms with van der Waals surface area (Å²) in [5.74, 6) is 0.212. The predicted octanol–water partition coefficient (Wildman–Crippen LogP) is 3.52. The minimum absolute atomic E-state index is 0.0546. The molecule has 2 amide bonds. The van der Waals surface area contributed by atoms with Crippen LogP contribution in [0.3, 0.4) is 0 Å². The van der Waals surface area contributed by atoms with Crippen molar-refractivity contribution >= 4 is 23.6 Å². The third kappa shape index (κ3) is 4.76. The lowest BCUT2D eigenvalue weighted by Crippen LogP contribution is -2.53. The molecule has 4 nitrogen and oxygen atoms in total. The number of hydrogen-bond acceptors (Lipinski definition) is 3. The molecule has 0 unspecified atom stereocenters. The summed E-state index contributed by atoms with van der Waals surface area (Å²) in [5, 5.41) is 0.528. The lowest BCUT2D eigenvalue weighted by atomic mass is 9.94. The average Bonchev–Trinajstić information content (AvgIpc) is 2.53. The van der Waals surface area contributed by atoms with E-state index >= 15 is 0 Å². The van der Waals surface area contributed by atoms with E-state index in [1.54, 1.807) is 11.8 Å². The Morgan fingerprint density at radius 1 is 0.958 bits per heavy atom. The van der Waals surface area contributed by atoms with Crippen LogP contribution in [0.25, 0.3) is 0 Å². The molecule has 1 heterocycles. The van der Waals surface area contributed by atoms with Gasteiger partial charge < -0.3 is 9.80 Å². The molecule has 24 heavy (non-hydrogen) atoms. The Balaban J connectivity index is 1.94. The van der Waals surface area contributed by atoms with Crippen molar-refractivity contribution in [2.24, 2.45) is 5.41 Å². The van der Waals surface area contributed by atoms with Gasteiger partial charge in [-0.05, 0) is 24.3 Å². The van der Waals surface area contributed by atoms with Gasteiger partial charge in [0.1, 0.15) is 0 Å². The summed E-state index contributed by atoms with van der Waals surface area (Å²) >= 11 is 1.79. The highest BCUT2D eigenvalue weighted by molar-refractivity contribution is 7.99. The summed E-state index contributed by atoms with van der Waals surface area (Å²) in [6, 6.07) is 7.83. The molecular weight excluding hydrogens is 320 g/mol. The zero-order valence-corrected chi connectivity index (χ0v) is 16.2. The molecule has 2 rings (SSSR count). The van der Waals surface area contributed by atoms with Crippen LogP contribution in [-0.4, -0.2) is 53.0 Å². The summed E-state index contributed by atoms with van der Waals surface area (Å²) in [4.78, 5) is 29.8. The molecule has 0 aromatic heterocycles. The van der Waals surface area contributed by atoms with E-state index in [-0.39, 0.29) is 17.2 Å². The minimum Gasteiger partial charge on any atom is -0.339 e. The molecule has 0 N–H and O–H groups in total. The summed E-state index contributed by atoms with van der Waals surface area (Å²) in [6.45, 7) is 12.5. The number of carbonyl (C=O) groups is 2. The zero-order valence-electron chi connectivity index (χ0n) is 15.3. The van der Waals surface area contributed by atoms with Crippen molar-refractivity contribution in [1.29, 1.82) is 0 Å². The maximum absolute atomic E-state index is 12.6. The highest BCUT2D eigenvalue weighted by Gasteiger charge is 2.31. The summed E-state index contributed by atoms with van der Waals surface area (Å²) in [5.41, 5.74) is 0.356. The number of thioether (sulfide) groups is 1. The molecule has 1 aromatic carbocycles. The molecule has 1 aliphatic rings. The Hall–Kier alpha value is -1.49. The molecular formula is C19H28N2O2S. The normalized spacial score (nSPS) is 15.8. The molecule has 1 fully saturated rings. The highest BCUT2D eigenvalue weighted by atomic mass is 32.2. The van der Waals surface area contributed by atoms with Gasteiger partial charge in [0.15, 0.2) is 0 Å². The van der Waals surface area contributed by atoms with Crippen molar-refractivity contribution in [2.45, 2.75) is 44.8 Å². The number of nitrogens with zero attached hydrogens (tertiary/aromatic N) is 2. The fourth-order valence-corrected chi connectivity index (χ4v) is 3.56. The van der Waals surface area contributed by atoms with Crippen LogP contribution in [0.1, 0.15) is 45.0 Å². The summed E-state index contributed by atoms with van der Waals surface area (Å²) in [7, 11) is 0. The second-order valence-electron chi connectivity index (χ2n) is 7.53. The summed E-state index contributed by atoms with van der Waals surface area (Å²) in [6.07, 6.45) is 0. The second-order valence-corrected chi connectivity index (χ2v) is 9.18. The zero-order chi connectivity index (χ0) is 17.9. The van der Waals surface area contributed by atoms with Crippen LogP contribution in [0.5, 0.6) is 0 Å². The van der Waals surface area contributed by atoms with Crippen LogP contribution >= 0.6 is 11.8 Å². The van der Waals surface area contributed by atoms with Crippen molar-refractivity contribution in [3.8, 4) is 0 Å². The van der Waals surface area contributed by atoms with Crippen LogP contribution in [-0.2, 0) is 4.79 Å². The largest absolute Gasteiger partial charge is 0.339 e. The number of rotatable bonds is 3. The lowest BCUT2D eigenvalue weighted by molar-refractivity contribution is -0.140. The smallest absolute Gasteiger partial charge is 0.253 e. The van der Waals surface area contributed by atoms with Gasteiger partial charge in [0.05, 0.1) is 0 Å². The van der Waals surface area contributed by atoms with E-state index in [2.05, 4.69) is 13.8 Å².